The third-order valence-electron chi connectivity index (χ3n) is 5.88. The van der Waals surface area contributed by atoms with Crippen molar-refractivity contribution in [2.75, 3.05) is 6.54 Å². The number of carbonyl (C=O) groups is 3. The van der Waals surface area contributed by atoms with Crippen LogP contribution in [0.1, 0.15) is 47.2 Å². The van der Waals surface area contributed by atoms with Crippen LogP contribution in [-0.2, 0) is 22.7 Å². The number of rotatable bonds is 5. The Labute approximate surface area is 152 Å². The summed E-state index contributed by atoms with van der Waals surface area (Å²) in [6.07, 6.45) is 2.99. The molecule has 3 atom stereocenters. The maximum atomic E-state index is 12.8. The van der Waals surface area contributed by atoms with Gasteiger partial charge in [0.25, 0.3) is 5.91 Å². The summed E-state index contributed by atoms with van der Waals surface area (Å²) in [6.45, 7) is 1.84. The molecule has 3 aliphatic rings. The zero-order valence-electron chi connectivity index (χ0n) is 14.7. The van der Waals surface area contributed by atoms with Crippen molar-refractivity contribution in [3.8, 4) is 0 Å². The summed E-state index contributed by atoms with van der Waals surface area (Å²) in [6, 6.07) is 5.83. The van der Waals surface area contributed by atoms with E-state index in [-0.39, 0.29) is 24.1 Å². The SMILES string of the molecule is NC[C@@H]1CC[C@H]1NCc1ccc2c(c1)C(=O)N(C1CCC(=O)NC1=O)C2. The molecule has 2 fully saturated rings. The fraction of sp³-hybridized carbons (Fsp3) is 0.526. The van der Waals surface area contributed by atoms with Gasteiger partial charge in [0.1, 0.15) is 6.04 Å². The van der Waals surface area contributed by atoms with Crippen LogP contribution in [0.4, 0.5) is 0 Å². The second kappa shape index (κ2) is 6.81. The van der Waals surface area contributed by atoms with Crippen molar-refractivity contribution in [3.63, 3.8) is 0 Å². The lowest BCUT2D eigenvalue weighted by Crippen LogP contribution is -2.52. The number of amides is 3. The molecule has 0 spiro atoms. The maximum absolute atomic E-state index is 12.8. The number of imide groups is 1. The van der Waals surface area contributed by atoms with Crippen LogP contribution in [0.2, 0.25) is 0 Å². The molecule has 26 heavy (non-hydrogen) atoms. The van der Waals surface area contributed by atoms with Crippen LogP contribution in [0.5, 0.6) is 0 Å². The highest BCUT2D eigenvalue weighted by Crippen LogP contribution is 2.29. The number of nitrogens with one attached hydrogen (secondary N) is 2. The lowest BCUT2D eigenvalue weighted by atomic mass is 9.79. The second-order valence-electron chi connectivity index (χ2n) is 7.45. The molecule has 1 saturated carbocycles. The summed E-state index contributed by atoms with van der Waals surface area (Å²) in [4.78, 5) is 37.8. The summed E-state index contributed by atoms with van der Waals surface area (Å²) in [5.74, 6) is -0.216. The molecule has 1 aliphatic carbocycles. The zero-order valence-corrected chi connectivity index (χ0v) is 14.7. The molecule has 4 N–H and O–H groups in total. The standard InChI is InChI=1S/C19H24N4O3/c20-8-12-3-4-15(12)21-9-11-1-2-13-10-23(19(26)14(13)7-11)16-5-6-17(24)22-18(16)25/h1-2,7,12,15-16,21H,3-6,8-10,20H2,(H,22,24,25)/t12-,15+,16?/m0/s1. The van der Waals surface area contributed by atoms with Crippen molar-refractivity contribution in [1.82, 2.24) is 15.5 Å². The molecule has 0 aromatic heterocycles. The van der Waals surface area contributed by atoms with Gasteiger partial charge < -0.3 is 16.0 Å². The molecule has 7 nitrogen and oxygen atoms in total. The minimum atomic E-state index is -0.561. The summed E-state index contributed by atoms with van der Waals surface area (Å²) in [7, 11) is 0. The van der Waals surface area contributed by atoms with E-state index in [9.17, 15) is 14.4 Å². The number of carbonyl (C=O) groups excluding carboxylic acids is 3. The van der Waals surface area contributed by atoms with E-state index in [2.05, 4.69) is 10.6 Å². The molecular formula is C19H24N4O3. The van der Waals surface area contributed by atoms with E-state index in [4.69, 9.17) is 5.73 Å². The fourth-order valence-corrected chi connectivity index (χ4v) is 4.08. The summed E-state index contributed by atoms with van der Waals surface area (Å²) in [5, 5.41) is 5.85. The van der Waals surface area contributed by atoms with Gasteiger partial charge in [-0.3, -0.25) is 19.7 Å². The Morgan fingerprint density at radius 3 is 2.73 bits per heavy atom. The highest BCUT2D eigenvalue weighted by molar-refractivity contribution is 6.05. The Hall–Kier alpha value is -2.25. The molecular weight excluding hydrogens is 332 g/mol. The van der Waals surface area contributed by atoms with E-state index in [1.165, 1.54) is 6.42 Å². The maximum Gasteiger partial charge on any atom is 0.255 e. The molecule has 138 valence electrons. The Morgan fingerprint density at radius 2 is 2.04 bits per heavy atom. The van der Waals surface area contributed by atoms with Crippen LogP contribution in [0.15, 0.2) is 18.2 Å². The lowest BCUT2D eigenvalue weighted by Gasteiger charge is -2.36. The number of nitrogens with two attached hydrogens (primary N) is 1. The molecule has 4 rings (SSSR count). The van der Waals surface area contributed by atoms with Crippen molar-refractivity contribution in [1.29, 1.82) is 0 Å². The first-order valence-corrected chi connectivity index (χ1v) is 9.26. The summed E-state index contributed by atoms with van der Waals surface area (Å²) < 4.78 is 0. The van der Waals surface area contributed by atoms with Gasteiger partial charge in [-0.25, -0.2) is 0 Å². The molecule has 7 heteroatoms. The zero-order chi connectivity index (χ0) is 18.3. The minimum absolute atomic E-state index is 0.125. The van der Waals surface area contributed by atoms with Gasteiger partial charge in [-0.15, -0.1) is 0 Å². The average molecular weight is 356 g/mol. The highest BCUT2D eigenvalue weighted by atomic mass is 16.2. The lowest BCUT2D eigenvalue weighted by molar-refractivity contribution is -0.136. The summed E-state index contributed by atoms with van der Waals surface area (Å²) >= 11 is 0. The van der Waals surface area contributed by atoms with Gasteiger partial charge in [-0.05, 0) is 48.9 Å². The van der Waals surface area contributed by atoms with E-state index in [0.29, 0.717) is 43.6 Å². The molecule has 1 aromatic rings. The van der Waals surface area contributed by atoms with Gasteiger partial charge in [-0.2, -0.15) is 0 Å². The number of benzene rings is 1. The van der Waals surface area contributed by atoms with Gasteiger partial charge in [-0.1, -0.05) is 12.1 Å². The first-order chi connectivity index (χ1) is 12.6. The smallest absolute Gasteiger partial charge is 0.255 e. The van der Waals surface area contributed by atoms with Crippen LogP contribution in [0.3, 0.4) is 0 Å². The predicted octanol–water partition coefficient (Wildman–Crippen LogP) is 0.275. The van der Waals surface area contributed by atoms with Crippen LogP contribution in [0.25, 0.3) is 0 Å². The number of hydrogen-bond donors (Lipinski definition) is 3. The first kappa shape index (κ1) is 17.2. The van der Waals surface area contributed by atoms with Crippen molar-refractivity contribution in [2.24, 2.45) is 11.7 Å². The van der Waals surface area contributed by atoms with Gasteiger partial charge in [0.15, 0.2) is 0 Å². The third-order valence-corrected chi connectivity index (χ3v) is 5.88. The van der Waals surface area contributed by atoms with E-state index in [1.54, 1.807) is 4.90 Å². The predicted molar refractivity (Wildman–Crippen MR) is 94.9 cm³/mol. The molecule has 1 unspecified atom stereocenters. The van der Waals surface area contributed by atoms with E-state index in [1.807, 2.05) is 18.2 Å². The Bertz CT molecular complexity index is 761. The van der Waals surface area contributed by atoms with Crippen molar-refractivity contribution in [2.45, 2.75) is 50.9 Å². The summed E-state index contributed by atoms with van der Waals surface area (Å²) in [5.41, 5.74) is 8.41. The molecule has 2 heterocycles. The number of nitrogens with zero attached hydrogens (tertiary/aromatic N) is 1. The topological polar surface area (TPSA) is 105 Å². The number of piperidine rings is 1. The van der Waals surface area contributed by atoms with Crippen molar-refractivity contribution in [3.05, 3.63) is 34.9 Å². The van der Waals surface area contributed by atoms with Gasteiger partial charge in [0.2, 0.25) is 11.8 Å². The van der Waals surface area contributed by atoms with Gasteiger partial charge in [0.05, 0.1) is 0 Å². The largest absolute Gasteiger partial charge is 0.330 e. The number of hydrogen-bond acceptors (Lipinski definition) is 5. The van der Waals surface area contributed by atoms with E-state index < -0.39 is 6.04 Å². The van der Waals surface area contributed by atoms with Crippen LogP contribution < -0.4 is 16.4 Å². The van der Waals surface area contributed by atoms with Crippen molar-refractivity contribution >= 4 is 17.7 Å². The van der Waals surface area contributed by atoms with Crippen molar-refractivity contribution < 1.29 is 14.4 Å². The van der Waals surface area contributed by atoms with E-state index >= 15 is 0 Å². The first-order valence-electron chi connectivity index (χ1n) is 9.26. The van der Waals surface area contributed by atoms with Crippen LogP contribution in [0, 0.1) is 5.92 Å². The van der Waals surface area contributed by atoms with Gasteiger partial charge in [0, 0.05) is 31.1 Å². The van der Waals surface area contributed by atoms with E-state index in [0.717, 1.165) is 17.5 Å². The number of fused-ring (bicyclic) bond motifs is 1. The molecule has 2 aliphatic heterocycles. The Kier molecular flexibility index (Phi) is 4.50. The molecule has 0 bridgehead atoms. The fourth-order valence-electron chi connectivity index (χ4n) is 4.08. The molecule has 1 aromatic carbocycles. The average Bonchev–Trinajstić information content (AvgIpc) is 2.91. The molecule has 0 radical (unpaired) electrons. The third kappa shape index (κ3) is 3.01. The quantitative estimate of drug-likeness (QED) is 0.657. The highest BCUT2D eigenvalue weighted by Gasteiger charge is 2.39. The Balaban J connectivity index is 1.43. The van der Waals surface area contributed by atoms with Crippen LogP contribution in [-0.4, -0.2) is 41.2 Å². The second-order valence-corrected chi connectivity index (χ2v) is 7.45. The normalized spacial score (nSPS) is 28.0. The molecule has 1 saturated heterocycles. The monoisotopic (exact) mass is 356 g/mol. The van der Waals surface area contributed by atoms with Gasteiger partial charge >= 0.3 is 0 Å². The van der Waals surface area contributed by atoms with Crippen LogP contribution >= 0.6 is 0 Å². The Morgan fingerprint density at radius 1 is 1.19 bits per heavy atom. The minimum Gasteiger partial charge on any atom is -0.330 e. The molecule has 3 amide bonds.